The molecule has 92 valence electrons. The van der Waals surface area contributed by atoms with Crippen LogP contribution in [0.25, 0.3) is 0 Å². The van der Waals surface area contributed by atoms with Crippen molar-refractivity contribution in [2.24, 2.45) is 5.92 Å². The summed E-state index contributed by atoms with van der Waals surface area (Å²) in [5.74, 6) is -0.329. The lowest BCUT2D eigenvalue weighted by molar-refractivity contribution is 0.0898. The molecule has 2 rings (SSSR count). The number of hydrogen-bond acceptors (Lipinski definition) is 4. The first-order chi connectivity index (χ1) is 8.09. The van der Waals surface area contributed by atoms with E-state index in [4.69, 9.17) is 5.73 Å². The van der Waals surface area contributed by atoms with Gasteiger partial charge in [-0.3, -0.25) is 4.79 Å². The van der Waals surface area contributed by atoms with Gasteiger partial charge in [0.15, 0.2) is 5.75 Å². The fraction of sp³-hybridized carbons (Fsp3) is 0.417. The Morgan fingerprint density at radius 1 is 1.53 bits per heavy atom. The molecule has 5 N–H and O–H groups in total. The van der Waals surface area contributed by atoms with Crippen molar-refractivity contribution < 1.29 is 15.0 Å². The summed E-state index contributed by atoms with van der Waals surface area (Å²) in [4.78, 5) is 11.7. The van der Waals surface area contributed by atoms with Crippen LogP contribution in [-0.2, 0) is 0 Å². The highest BCUT2D eigenvalue weighted by molar-refractivity contribution is 5.98. The van der Waals surface area contributed by atoms with Gasteiger partial charge in [0.2, 0.25) is 0 Å². The number of carbonyl (C=O) groups excluding carboxylic acids is 1. The van der Waals surface area contributed by atoms with Gasteiger partial charge in [-0.25, -0.2) is 0 Å². The minimum absolute atomic E-state index is 0.132. The Balaban J connectivity index is 1.96. The largest absolute Gasteiger partial charge is 0.505 e. The number of hydrogen-bond donors (Lipinski definition) is 4. The standard InChI is InChI=1S/C12H16N2O3/c13-9-3-1-2-8(11(9)16)12(17)14-6-10(15)7-4-5-7/h1-3,7,10,15-16H,4-6,13H2,(H,14,17). The van der Waals surface area contributed by atoms with E-state index in [1.165, 1.54) is 12.1 Å². The topological polar surface area (TPSA) is 95.6 Å². The molecule has 1 atom stereocenters. The van der Waals surface area contributed by atoms with Crippen LogP contribution in [0.3, 0.4) is 0 Å². The van der Waals surface area contributed by atoms with Crippen LogP contribution < -0.4 is 11.1 Å². The number of aliphatic hydroxyl groups excluding tert-OH is 1. The summed E-state index contributed by atoms with van der Waals surface area (Å²) in [5.41, 5.74) is 5.79. The van der Waals surface area contributed by atoms with E-state index in [1.807, 2.05) is 0 Å². The molecule has 1 unspecified atom stereocenters. The Hall–Kier alpha value is -1.75. The number of rotatable bonds is 4. The fourth-order valence-electron chi connectivity index (χ4n) is 1.68. The third kappa shape index (κ3) is 2.68. The number of anilines is 1. The van der Waals surface area contributed by atoms with Gasteiger partial charge < -0.3 is 21.3 Å². The second-order valence-electron chi connectivity index (χ2n) is 4.36. The van der Waals surface area contributed by atoms with E-state index in [-0.39, 0.29) is 23.5 Å². The van der Waals surface area contributed by atoms with E-state index in [0.717, 1.165) is 12.8 Å². The fourth-order valence-corrected chi connectivity index (χ4v) is 1.68. The monoisotopic (exact) mass is 236 g/mol. The second-order valence-corrected chi connectivity index (χ2v) is 4.36. The van der Waals surface area contributed by atoms with Crippen molar-refractivity contribution in [2.75, 3.05) is 12.3 Å². The Kier molecular flexibility index (Phi) is 3.19. The maximum atomic E-state index is 11.7. The van der Waals surface area contributed by atoms with Gasteiger partial charge in [0, 0.05) is 6.54 Å². The normalized spacial score (nSPS) is 16.5. The quantitative estimate of drug-likeness (QED) is 0.451. The number of nitrogen functional groups attached to an aromatic ring is 1. The molecule has 0 aromatic heterocycles. The van der Waals surface area contributed by atoms with Crippen LogP contribution >= 0.6 is 0 Å². The van der Waals surface area contributed by atoms with E-state index in [9.17, 15) is 15.0 Å². The molecule has 1 aromatic rings. The van der Waals surface area contributed by atoms with Gasteiger partial charge in [0.1, 0.15) is 0 Å². The number of aromatic hydroxyl groups is 1. The molecule has 5 heteroatoms. The maximum absolute atomic E-state index is 11.7. The first-order valence-electron chi connectivity index (χ1n) is 5.63. The van der Waals surface area contributed by atoms with Crippen molar-refractivity contribution in [3.63, 3.8) is 0 Å². The molecule has 0 aliphatic heterocycles. The van der Waals surface area contributed by atoms with Crippen molar-refractivity contribution in [3.8, 4) is 5.75 Å². The van der Waals surface area contributed by atoms with Gasteiger partial charge >= 0.3 is 0 Å². The van der Waals surface area contributed by atoms with Crippen molar-refractivity contribution in [2.45, 2.75) is 18.9 Å². The van der Waals surface area contributed by atoms with Crippen LogP contribution in [0.2, 0.25) is 0 Å². The minimum Gasteiger partial charge on any atom is -0.505 e. The molecule has 17 heavy (non-hydrogen) atoms. The smallest absolute Gasteiger partial charge is 0.255 e. The number of phenolic OH excluding ortho intramolecular Hbond substituents is 1. The molecular formula is C12H16N2O3. The molecule has 5 nitrogen and oxygen atoms in total. The SMILES string of the molecule is Nc1cccc(C(=O)NCC(O)C2CC2)c1O. The minimum atomic E-state index is -0.498. The van der Waals surface area contributed by atoms with E-state index in [2.05, 4.69) is 5.32 Å². The molecular weight excluding hydrogens is 220 g/mol. The average molecular weight is 236 g/mol. The van der Waals surface area contributed by atoms with E-state index < -0.39 is 12.0 Å². The summed E-state index contributed by atoms with van der Waals surface area (Å²) in [6.07, 6.45) is 1.53. The second kappa shape index (κ2) is 4.63. The number of phenols is 1. The predicted molar refractivity (Wildman–Crippen MR) is 63.6 cm³/mol. The van der Waals surface area contributed by atoms with Gasteiger partial charge in [-0.1, -0.05) is 6.07 Å². The van der Waals surface area contributed by atoms with Crippen LogP contribution in [0.5, 0.6) is 5.75 Å². The molecule has 1 aliphatic carbocycles. The van der Waals surface area contributed by atoms with Crippen LogP contribution in [0.4, 0.5) is 5.69 Å². The molecule has 0 radical (unpaired) electrons. The van der Waals surface area contributed by atoms with Crippen molar-refractivity contribution >= 4 is 11.6 Å². The zero-order valence-electron chi connectivity index (χ0n) is 9.39. The summed E-state index contributed by atoms with van der Waals surface area (Å²) >= 11 is 0. The zero-order valence-corrected chi connectivity index (χ0v) is 9.39. The lowest BCUT2D eigenvalue weighted by Gasteiger charge is -2.11. The molecule has 0 bridgehead atoms. The summed E-state index contributed by atoms with van der Waals surface area (Å²) in [7, 11) is 0. The number of para-hydroxylation sites is 1. The molecule has 1 fully saturated rings. The predicted octanol–water partition coefficient (Wildman–Crippen LogP) is 0.475. The number of nitrogens with two attached hydrogens (primary N) is 1. The lowest BCUT2D eigenvalue weighted by Crippen LogP contribution is -2.33. The zero-order chi connectivity index (χ0) is 12.4. The highest BCUT2D eigenvalue weighted by atomic mass is 16.3. The molecule has 1 amide bonds. The van der Waals surface area contributed by atoms with Crippen molar-refractivity contribution in [1.82, 2.24) is 5.32 Å². The highest BCUT2D eigenvalue weighted by Gasteiger charge is 2.29. The molecule has 1 aliphatic rings. The average Bonchev–Trinajstić information content (AvgIpc) is 3.13. The van der Waals surface area contributed by atoms with Gasteiger partial charge in [0.25, 0.3) is 5.91 Å². The van der Waals surface area contributed by atoms with E-state index in [1.54, 1.807) is 6.07 Å². The first kappa shape index (κ1) is 11.7. The molecule has 1 aromatic carbocycles. The summed E-state index contributed by atoms with van der Waals surface area (Å²) in [6, 6.07) is 4.61. The van der Waals surface area contributed by atoms with Crippen LogP contribution in [0.15, 0.2) is 18.2 Å². The van der Waals surface area contributed by atoms with Gasteiger partial charge in [-0.2, -0.15) is 0 Å². The van der Waals surface area contributed by atoms with E-state index in [0.29, 0.717) is 5.92 Å². The Labute approximate surface area is 99.3 Å². The molecule has 0 heterocycles. The molecule has 1 saturated carbocycles. The summed E-state index contributed by atoms with van der Waals surface area (Å²) < 4.78 is 0. The van der Waals surface area contributed by atoms with Crippen LogP contribution in [0.1, 0.15) is 23.2 Å². The Morgan fingerprint density at radius 2 is 2.24 bits per heavy atom. The third-order valence-corrected chi connectivity index (χ3v) is 2.95. The van der Waals surface area contributed by atoms with Crippen molar-refractivity contribution in [1.29, 1.82) is 0 Å². The van der Waals surface area contributed by atoms with Gasteiger partial charge in [-0.05, 0) is 30.9 Å². The third-order valence-electron chi connectivity index (χ3n) is 2.95. The molecule has 0 spiro atoms. The van der Waals surface area contributed by atoms with Gasteiger partial charge in [0.05, 0.1) is 17.4 Å². The van der Waals surface area contributed by atoms with E-state index >= 15 is 0 Å². The first-order valence-corrected chi connectivity index (χ1v) is 5.63. The molecule has 0 saturated heterocycles. The Bertz CT molecular complexity index is 430. The lowest BCUT2D eigenvalue weighted by atomic mass is 10.1. The number of nitrogens with one attached hydrogen (secondary N) is 1. The van der Waals surface area contributed by atoms with Crippen LogP contribution in [-0.4, -0.2) is 28.8 Å². The van der Waals surface area contributed by atoms with Crippen molar-refractivity contribution in [3.05, 3.63) is 23.8 Å². The Morgan fingerprint density at radius 3 is 2.88 bits per heavy atom. The van der Waals surface area contributed by atoms with Gasteiger partial charge in [-0.15, -0.1) is 0 Å². The maximum Gasteiger partial charge on any atom is 0.255 e. The summed E-state index contributed by atoms with van der Waals surface area (Å²) in [5, 5.41) is 21.8. The number of benzene rings is 1. The number of amides is 1. The number of carbonyl (C=O) groups is 1. The summed E-state index contributed by atoms with van der Waals surface area (Å²) in [6.45, 7) is 0.206. The highest BCUT2D eigenvalue weighted by Crippen LogP contribution is 2.32. The van der Waals surface area contributed by atoms with Crippen LogP contribution in [0, 0.1) is 5.92 Å². The number of aliphatic hydroxyl groups is 1.